The van der Waals surface area contributed by atoms with Gasteiger partial charge in [0.2, 0.25) is 5.91 Å². The van der Waals surface area contributed by atoms with Crippen LogP contribution in [0.25, 0.3) is 0 Å². The molecular weight excluding hydrogens is 176 g/mol. The smallest absolute Gasteiger partial charge is 0.234 e. The van der Waals surface area contributed by atoms with E-state index in [1.165, 1.54) is 0 Å². The molecule has 3 nitrogen and oxygen atoms in total. The van der Waals surface area contributed by atoms with Crippen LogP contribution in [0.5, 0.6) is 0 Å². The molecule has 0 aliphatic heterocycles. The first-order chi connectivity index (χ1) is 6.47. The highest BCUT2D eigenvalue weighted by Crippen LogP contribution is 2.05. The van der Waals surface area contributed by atoms with Gasteiger partial charge in [0.1, 0.15) is 0 Å². The van der Waals surface area contributed by atoms with Crippen LogP contribution in [-0.2, 0) is 4.79 Å². The molecule has 0 aromatic carbocycles. The van der Waals surface area contributed by atoms with Crippen molar-refractivity contribution < 1.29 is 4.79 Å². The average molecular weight is 200 g/mol. The molecule has 0 aromatic rings. The summed E-state index contributed by atoms with van der Waals surface area (Å²) in [6.07, 6.45) is 1.10. The van der Waals surface area contributed by atoms with Gasteiger partial charge in [-0.15, -0.1) is 0 Å². The van der Waals surface area contributed by atoms with Gasteiger partial charge in [0, 0.05) is 12.1 Å². The van der Waals surface area contributed by atoms with Crippen molar-refractivity contribution in [3.63, 3.8) is 0 Å². The third-order valence-corrected chi connectivity index (χ3v) is 2.56. The fraction of sp³-hybridized carbons (Fsp3) is 0.909. The minimum absolute atomic E-state index is 0.0894. The van der Waals surface area contributed by atoms with E-state index < -0.39 is 0 Å². The molecule has 0 aliphatic carbocycles. The van der Waals surface area contributed by atoms with Gasteiger partial charge in [0.15, 0.2) is 0 Å². The second-order valence-electron chi connectivity index (χ2n) is 4.28. The van der Waals surface area contributed by atoms with Gasteiger partial charge in [-0.25, -0.2) is 0 Å². The van der Waals surface area contributed by atoms with Crippen molar-refractivity contribution in [3.8, 4) is 0 Å². The first kappa shape index (κ1) is 13.4. The van der Waals surface area contributed by atoms with Crippen molar-refractivity contribution >= 4 is 5.91 Å². The molecule has 14 heavy (non-hydrogen) atoms. The average Bonchev–Trinajstić information content (AvgIpc) is 2.13. The fourth-order valence-corrected chi connectivity index (χ4v) is 1.10. The summed E-state index contributed by atoms with van der Waals surface area (Å²) in [6, 6.07) is 0.626. The second-order valence-corrected chi connectivity index (χ2v) is 4.28. The van der Waals surface area contributed by atoms with Gasteiger partial charge >= 0.3 is 0 Å². The quantitative estimate of drug-likeness (QED) is 0.683. The Bertz CT molecular complexity index is 169. The van der Waals surface area contributed by atoms with Gasteiger partial charge in [-0.05, 0) is 12.8 Å². The zero-order chi connectivity index (χ0) is 11.1. The number of hydrogen-bond donors (Lipinski definition) is 2. The summed E-state index contributed by atoms with van der Waals surface area (Å²) in [5.41, 5.74) is 0. The van der Waals surface area contributed by atoms with Gasteiger partial charge < -0.3 is 10.6 Å². The molecule has 2 N–H and O–H groups in total. The second kappa shape index (κ2) is 6.82. The van der Waals surface area contributed by atoms with E-state index in [0.717, 1.165) is 6.42 Å². The zero-order valence-corrected chi connectivity index (χ0v) is 10.1. The van der Waals surface area contributed by atoms with Crippen molar-refractivity contribution in [1.29, 1.82) is 0 Å². The van der Waals surface area contributed by atoms with Gasteiger partial charge in [0.05, 0.1) is 6.54 Å². The van der Waals surface area contributed by atoms with Crippen LogP contribution in [0.2, 0.25) is 0 Å². The largest absolute Gasteiger partial charge is 0.352 e. The lowest BCUT2D eigenvalue weighted by Crippen LogP contribution is -2.43. The van der Waals surface area contributed by atoms with Gasteiger partial charge in [-0.3, -0.25) is 4.79 Å². The minimum Gasteiger partial charge on any atom is -0.352 e. The van der Waals surface area contributed by atoms with E-state index in [-0.39, 0.29) is 11.9 Å². The SMILES string of the molecule is CCC(C)C(C)NC(=O)CNC(C)C. The number of rotatable bonds is 6. The molecule has 0 saturated carbocycles. The molecule has 0 rings (SSSR count). The van der Waals surface area contributed by atoms with Crippen LogP contribution in [0.4, 0.5) is 0 Å². The van der Waals surface area contributed by atoms with E-state index in [1.807, 2.05) is 13.8 Å². The number of amides is 1. The molecule has 0 heterocycles. The Morgan fingerprint density at radius 1 is 1.21 bits per heavy atom. The Hall–Kier alpha value is -0.570. The molecule has 0 saturated heterocycles. The highest BCUT2D eigenvalue weighted by molar-refractivity contribution is 5.78. The van der Waals surface area contributed by atoms with Crippen molar-refractivity contribution in [2.45, 2.75) is 53.1 Å². The van der Waals surface area contributed by atoms with Crippen LogP contribution in [0, 0.1) is 5.92 Å². The maximum Gasteiger partial charge on any atom is 0.234 e. The fourth-order valence-electron chi connectivity index (χ4n) is 1.10. The van der Waals surface area contributed by atoms with Gasteiger partial charge in [0.25, 0.3) is 0 Å². The normalized spacial score (nSPS) is 15.3. The van der Waals surface area contributed by atoms with Crippen LogP contribution in [0.3, 0.4) is 0 Å². The van der Waals surface area contributed by atoms with Crippen LogP contribution < -0.4 is 10.6 Å². The highest BCUT2D eigenvalue weighted by Gasteiger charge is 2.12. The summed E-state index contributed by atoms with van der Waals surface area (Å²) in [5.74, 6) is 0.629. The highest BCUT2D eigenvalue weighted by atomic mass is 16.1. The Morgan fingerprint density at radius 3 is 2.21 bits per heavy atom. The molecule has 2 atom stereocenters. The van der Waals surface area contributed by atoms with E-state index >= 15 is 0 Å². The first-order valence-electron chi connectivity index (χ1n) is 5.50. The number of carbonyl (C=O) groups excluding carboxylic acids is 1. The summed E-state index contributed by atoms with van der Waals surface area (Å²) in [7, 11) is 0. The van der Waals surface area contributed by atoms with E-state index in [9.17, 15) is 4.79 Å². The Morgan fingerprint density at radius 2 is 1.79 bits per heavy atom. The van der Waals surface area contributed by atoms with Crippen molar-refractivity contribution in [2.75, 3.05) is 6.54 Å². The molecule has 0 aliphatic rings. The molecule has 0 aromatic heterocycles. The summed E-state index contributed by atoms with van der Waals surface area (Å²) < 4.78 is 0. The Balaban J connectivity index is 3.71. The van der Waals surface area contributed by atoms with Crippen LogP contribution in [0.1, 0.15) is 41.0 Å². The molecule has 0 bridgehead atoms. The lowest BCUT2D eigenvalue weighted by atomic mass is 10.0. The van der Waals surface area contributed by atoms with E-state index in [0.29, 0.717) is 18.5 Å². The van der Waals surface area contributed by atoms with Gasteiger partial charge in [-0.2, -0.15) is 0 Å². The Kier molecular flexibility index (Phi) is 6.54. The molecule has 84 valence electrons. The first-order valence-corrected chi connectivity index (χ1v) is 5.50. The predicted octanol–water partition coefficient (Wildman–Crippen LogP) is 1.54. The van der Waals surface area contributed by atoms with Gasteiger partial charge in [-0.1, -0.05) is 34.1 Å². The molecule has 0 radical (unpaired) electrons. The molecule has 0 spiro atoms. The number of carbonyl (C=O) groups is 1. The van der Waals surface area contributed by atoms with Crippen molar-refractivity contribution in [3.05, 3.63) is 0 Å². The van der Waals surface area contributed by atoms with Crippen LogP contribution in [0.15, 0.2) is 0 Å². The summed E-state index contributed by atoms with van der Waals surface area (Å²) in [6.45, 7) is 10.8. The molecular formula is C11H24N2O. The van der Waals surface area contributed by atoms with E-state index in [4.69, 9.17) is 0 Å². The monoisotopic (exact) mass is 200 g/mol. The predicted molar refractivity (Wildman–Crippen MR) is 60.2 cm³/mol. The summed E-state index contributed by atoms with van der Waals surface area (Å²) in [4.78, 5) is 11.4. The third-order valence-electron chi connectivity index (χ3n) is 2.56. The molecule has 3 heteroatoms. The minimum atomic E-state index is 0.0894. The van der Waals surface area contributed by atoms with Crippen molar-refractivity contribution in [2.24, 2.45) is 5.92 Å². The third kappa shape index (κ3) is 5.97. The Labute approximate surface area is 87.6 Å². The number of nitrogens with one attached hydrogen (secondary N) is 2. The summed E-state index contributed by atoms with van der Waals surface area (Å²) >= 11 is 0. The maximum absolute atomic E-state index is 11.4. The number of hydrogen-bond acceptors (Lipinski definition) is 2. The van der Waals surface area contributed by atoms with E-state index in [2.05, 4.69) is 31.4 Å². The molecule has 0 fully saturated rings. The topological polar surface area (TPSA) is 41.1 Å². The lowest BCUT2D eigenvalue weighted by molar-refractivity contribution is -0.121. The zero-order valence-electron chi connectivity index (χ0n) is 10.1. The van der Waals surface area contributed by atoms with E-state index in [1.54, 1.807) is 0 Å². The maximum atomic E-state index is 11.4. The lowest BCUT2D eigenvalue weighted by Gasteiger charge is -2.20. The van der Waals surface area contributed by atoms with Crippen molar-refractivity contribution in [1.82, 2.24) is 10.6 Å². The molecule has 2 unspecified atom stereocenters. The van der Waals surface area contributed by atoms with Crippen LogP contribution >= 0.6 is 0 Å². The standard InChI is InChI=1S/C11H24N2O/c1-6-9(4)10(5)13-11(14)7-12-8(2)3/h8-10,12H,6-7H2,1-5H3,(H,13,14). The summed E-state index contributed by atoms with van der Waals surface area (Å²) in [5, 5.41) is 6.08. The molecule has 1 amide bonds. The van der Waals surface area contributed by atoms with Crippen LogP contribution in [-0.4, -0.2) is 24.5 Å².